The van der Waals surface area contributed by atoms with Gasteiger partial charge in [-0.3, -0.25) is 0 Å². The van der Waals surface area contributed by atoms with E-state index in [1.807, 2.05) is 0 Å². The Kier molecular flexibility index (Phi) is 37.8. The lowest BCUT2D eigenvalue weighted by Crippen LogP contribution is -2.13. The Hall–Kier alpha value is -0.790. The molecule has 0 saturated heterocycles. The van der Waals surface area contributed by atoms with E-state index < -0.39 is 0 Å². The zero-order valence-corrected chi connectivity index (χ0v) is 36.7. The molecule has 2 atom stereocenters. The van der Waals surface area contributed by atoms with Gasteiger partial charge in [-0.2, -0.15) is 0 Å². The van der Waals surface area contributed by atoms with Gasteiger partial charge < -0.3 is 4.57 Å². The van der Waals surface area contributed by atoms with Crippen molar-refractivity contribution in [3.63, 3.8) is 0 Å². The van der Waals surface area contributed by atoms with E-state index in [4.69, 9.17) is 4.98 Å². The maximum atomic E-state index is 5.06. The molecule has 0 fully saturated rings. The van der Waals surface area contributed by atoms with Gasteiger partial charge in [0.2, 0.25) is 0 Å². The van der Waals surface area contributed by atoms with Gasteiger partial charge in [-0.15, -0.1) is 0 Å². The first-order valence-corrected chi connectivity index (χ1v) is 24.8. The normalized spacial score (nSPS) is 12.9. The lowest BCUT2D eigenvalue weighted by molar-refractivity contribution is 0.412. The highest BCUT2D eigenvalue weighted by molar-refractivity contribution is 5.02. The molecule has 2 nitrogen and oxygen atoms in total. The molecular weight excluding hydrogens is 629 g/mol. The van der Waals surface area contributed by atoms with E-state index in [2.05, 4.69) is 44.7 Å². The molecule has 0 amide bonds. The molecule has 0 radical (unpaired) electrons. The Balaban J connectivity index is 2.32. The molecule has 0 N–H and O–H groups in total. The van der Waals surface area contributed by atoms with Crippen LogP contribution in [0, 0.1) is 0 Å². The first-order valence-electron chi connectivity index (χ1n) is 24.8. The molecule has 2 heteroatoms. The molecule has 0 aromatic carbocycles. The van der Waals surface area contributed by atoms with Crippen LogP contribution in [0.3, 0.4) is 0 Å². The Labute approximate surface area is 329 Å². The van der Waals surface area contributed by atoms with Crippen LogP contribution in [0.2, 0.25) is 0 Å². The Morgan fingerprint density at radius 3 is 0.904 bits per heavy atom. The second-order valence-corrected chi connectivity index (χ2v) is 17.5. The summed E-state index contributed by atoms with van der Waals surface area (Å²) in [5.41, 5.74) is 0. The molecule has 1 aromatic heterocycles. The van der Waals surface area contributed by atoms with Crippen LogP contribution in [0.4, 0.5) is 0 Å². The zero-order valence-electron chi connectivity index (χ0n) is 36.7. The molecule has 1 rings (SSSR count). The molecule has 0 saturated carbocycles. The summed E-state index contributed by atoms with van der Waals surface area (Å²) in [4.78, 5) is 5.06. The van der Waals surface area contributed by atoms with Crippen molar-refractivity contribution in [3.05, 3.63) is 18.2 Å². The van der Waals surface area contributed by atoms with Crippen LogP contribution in [0.1, 0.15) is 309 Å². The van der Waals surface area contributed by atoms with Gasteiger partial charge >= 0.3 is 0 Å². The second kappa shape index (κ2) is 39.9. The predicted molar refractivity (Wildman–Crippen MR) is 236 cm³/mol. The fourth-order valence-corrected chi connectivity index (χ4v) is 8.65. The predicted octanol–water partition coefficient (Wildman–Crippen LogP) is 18.6. The standard InChI is InChI=1S/C50H98N2/c1-5-8-11-14-17-20-22-24-25-26-27-28-30-33-36-39-42-45-49(44-41-38-35-31-19-16-13-10-7-3)50-51-46-47-52(50)48(4)43-40-37-34-32-29-23-21-18-15-12-9-6-2/h46-49H,5-45H2,1-4H3. The van der Waals surface area contributed by atoms with Crippen molar-refractivity contribution in [2.45, 2.75) is 303 Å². The molecule has 2 unspecified atom stereocenters. The first kappa shape index (κ1) is 49.2. The first-order chi connectivity index (χ1) is 25.7. The van der Waals surface area contributed by atoms with Crippen LogP contribution >= 0.6 is 0 Å². The SMILES string of the molecule is CCCCCCCCCCCCCCCCCCCC(CCCCCCCCCCC)c1nccn1C(C)CCCCCCCCCCCCCC. The molecule has 0 aliphatic carbocycles. The van der Waals surface area contributed by atoms with Crippen LogP contribution in [-0.2, 0) is 0 Å². The number of hydrogen-bond acceptors (Lipinski definition) is 1. The summed E-state index contributed by atoms with van der Waals surface area (Å²) in [6.07, 6.45) is 63.1. The van der Waals surface area contributed by atoms with E-state index in [0.29, 0.717) is 12.0 Å². The molecule has 0 aliphatic heterocycles. The average molecular weight is 727 g/mol. The van der Waals surface area contributed by atoms with Gasteiger partial charge in [-0.05, 0) is 26.2 Å². The van der Waals surface area contributed by atoms with E-state index in [9.17, 15) is 0 Å². The van der Waals surface area contributed by atoms with Gasteiger partial charge in [-0.1, -0.05) is 265 Å². The summed E-state index contributed by atoms with van der Waals surface area (Å²) in [7, 11) is 0. The fourth-order valence-electron chi connectivity index (χ4n) is 8.65. The van der Waals surface area contributed by atoms with Crippen LogP contribution < -0.4 is 0 Å². The average Bonchev–Trinajstić information content (AvgIpc) is 3.65. The van der Waals surface area contributed by atoms with Crippen LogP contribution in [0.25, 0.3) is 0 Å². The summed E-state index contributed by atoms with van der Waals surface area (Å²) >= 11 is 0. The van der Waals surface area contributed by atoms with Crippen LogP contribution in [0.15, 0.2) is 12.4 Å². The highest BCUT2D eigenvalue weighted by Gasteiger charge is 2.19. The Morgan fingerprint density at radius 2 is 0.615 bits per heavy atom. The fraction of sp³-hybridized carbons (Fsp3) is 0.940. The highest BCUT2D eigenvalue weighted by atomic mass is 15.1. The van der Waals surface area contributed by atoms with Crippen LogP contribution in [0.5, 0.6) is 0 Å². The maximum absolute atomic E-state index is 5.06. The lowest BCUT2D eigenvalue weighted by Gasteiger charge is -2.22. The molecule has 0 aliphatic rings. The maximum Gasteiger partial charge on any atom is 0.111 e. The molecular formula is C50H98N2. The van der Waals surface area contributed by atoms with Gasteiger partial charge in [0, 0.05) is 24.4 Å². The summed E-state index contributed by atoms with van der Waals surface area (Å²) in [5.74, 6) is 2.07. The quantitative estimate of drug-likeness (QED) is 0.0613. The van der Waals surface area contributed by atoms with E-state index in [1.54, 1.807) is 0 Å². The summed E-state index contributed by atoms with van der Waals surface area (Å²) in [6.45, 7) is 9.42. The number of imidazole rings is 1. The van der Waals surface area contributed by atoms with Crippen molar-refractivity contribution >= 4 is 0 Å². The second-order valence-electron chi connectivity index (χ2n) is 17.5. The monoisotopic (exact) mass is 727 g/mol. The third-order valence-corrected chi connectivity index (χ3v) is 12.3. The number of hydrogen-bond donors (Lipinski definition) is 0. The number of unbranched alkanes of at least 4 members (excludes halogenated alkanes) is 35. The number of aromatic nitrogens is 2. The summed E-state index contributed by atoms with van der Waals surface area (Å²) < 4.78 is 2.60. The van der Waals surface area contributed by atoms with Gasteiger partial charge in [0.15, 0.2) is 0 Å². The van der Waals surface area contributed by atoms with Crippen molar-refractivity contribution in [1.29, 1.82) is 0 Å². The minimum Gasteiger partial charge on any atom is -0.332 e. The largest absolute Gasteiger partial charge is 0.332 e. The smallest absolute Gasteiger partial charge is 0.111 e. The topological polar surface area (TPSA) is 17.8 Å². The van der Waals surface area contributed by atoms with Crippen molar-refractivity contribution in [3.8, 4) is 0 Å². The van der Waals surface area contributed by atoms with Crippen molar-refractivity contribution in [2.75, 3.05) is 0 Å². The van der Waals surface area contributed by atoms with Crippen LogP contribution in [-0.4, -0.2) is 9.55 Å². The van der Waals surface area contributed by atoms with E-state index >= 15 is 0 Å². The van der Waals surface area contributed by atoms with E-state index in [0.717, 1.165) is 0 Å². The highest BCUT2D eigenvalue weighted by Crippen LogP contribution is 2.31. The summed E-state index contributed by atoms with van der Waals surface area (Å²) in [5, 5.41) is 0. The number of rotatable bonds is 43. The van der Waals surface area contributed by atoms with Gasteiger partial charge in [0.05, 0.1) is 0 Å². The zero-order chi connectivity index (χ0) is 37.4. The summed E-state index contributed by atoms with van der Waals surface area (Å²) in [6, 6.07) is 0.585. The van der Waals surface area contributed by atoms with E-state index in [-0.39, 0.29) is 0 Å². The molecule has 1 aromatic rings. The van der Waals surface area contributed by atoms with Gasteiger partial charge in [-0.25, -0.2) is 4.98 Å². The van der Waals surface area contributed by atoms with Crippen molar-refractivity contribution in [1.82, 2.24) is 9.55 Å². The third-order valence-electron chi connectivity index (χ3n) is 12.3. The molecule has 52 heavy (non-hydrogen) atoms. The minimum atomic E-state index is 0.585. The molecule has 0 bridgehead atoms. The van der Waals surface area contributed by atoms with Gasteiger partial charge in [0.25, 0.3) is 0 Å². The molecule has 0 spiro atoms. The lowest BCUT2D eigenvalue weighted by atomic mass is 9.92. The van der Waals surface area contributed by atoms with Crippen molar-refractivity contribution in [2.24, 2.45) is 0 Å². The molecule has 308 valence electrons. The van der Waals surface area contributed by atoms with Crippen molar-refractivity contribution < 1.29 is 0 Å². The molecule has 1 heterocycles. The Morgan fingerprint density at radius 1 is 0.365 bits per heavy atom. The Bertz CT molecular complexity index is 798. The van der Waals surface area contributed by atoms with Gasteiger partial charge in [0.1, 0.15) is 5.82 Å². The minimum absolute atomic E-state index is 0.585. The van der Waals surface area contributed by atoms with E-state index in [1.165, 1.54) is 269 Å². The third kappa shape index (κ3) is 30.5. The number of nitrogens with zero attached hydrogens (tertiary/aromatic N) is 2.